The van der Waals surface area contributed by atoms with Crippen LogP contribution in [0.1, 0.15) is 6.42 Å². The van der Waals surface area contributed by atoms with Crippen LogP contribution in [0, 0.1) is 0 Å². The van der Waals surface area contributed by atoms with Crippen molar-refractivity contribution in [2.75, 3.05) is 30.1 Å². The first-order chi connectivity index (χ1) is 12.7. The van der Waals surface area contributed by atoms with Crippen LogP contribution in [0.3, 0.4) is 0 Å². The van der Waals surface area contributed by atoms with Gasteiger partial charge in [0.25, 0.3) is 0 Å². The van der Waals surface area contributed by atoms with Crippen molar-refractivity contribution >= 4 is 60.7 Å². The van der Waals surface area contributed by atoms with E-state index in [1.165, 1.54) is 11.8 Å². The van der Waals surface area contributed by atoms with Gasteiger partial charge in [-0.15, -0.1) is 0 Å². The lowest BCUT2D eigenvalue weighted by Crippen LogP contribution is -2.58. The van der Waals surface area contributed by atoms with Gasteiger partial charge in [0.05, 0.1) is 12.6 Å². The molecule has 0 aromatic rings. The molecule has 0 bridgehead atoms. The molecule has 0 spiro atoms. The second-order valence-corrected chi connectivity index (χ2v) is 7.17. The number of amides is 3. The number of carboxylic acid groups (broad SMARTS) is 1. The molecule has 27 heavy (non-hydrogen) atoms. The third-order valence-corrected chi connectivity index (χ3v) is 4.79. The molecule has 13 heteroatoms. The average molecular weight is 443 g/mol. The number of aliphatic carboxylic acids is 1. The summed E-state index contributed by atoms with van der Waals surface area (Å²) < 4.78 is 0. The Hall–Kier alpha value is -1.15. The maximum Gasteiger partial charge on any atom is 0.327 e. The lowest BCUT2D eigenvalue weighted by molar-refractivity contribution is -0.141. The summed E-state index contributed by atoms with van der Waals surface area (Å²) in [5, 5.41) is 25.3. The van der Waals surface area contributed by atoms with Crippen molar-refractivity contribution in [3.05, 3.63) is 0 Å². The van der Waals surface area contributed by atoms with Crippen molar-refractivity contribution < 1.29 is 29.4 Å². The van der Waals surface area contributed by atoms with E-state index in [1.807, 2.05) is 0 Å². The first kappa shape index (κ1) is 25.9. The minimum atomic E-state index is -1.31. The minimum absolute atomic E-state index is 0.0463. The number of aliphatic hydroxyl groups excluding tert-OH is 1. The quantitative estimate of drug-likeness (QED) is 0.144. The zero-order chi connectivity index (χ0) is 21.0. The number of thioether (sulfide) groups is 1. The molecule has 0 aliphatic rings. The zero-order valence-electron chi connectivity index (χ0n) is 14.8. The molecular formula is C14H26N4O6S3. The van der Waals surface area contributed by atoms with Gasteiger partial charge >= 0.3 is 5.97 Å². The van der Waals surface area contributed by atoms with Crippen LogP contribution in [0.15, 0.2) is 0 Å². The van der Waals surface area contributed by atoms with Crippen molar-refractivity contribution in [2.24, 2.45) is 5.73 Å². The predicted octanol–water partition coefficient (Wildman–Crippen LogP) is -2.54. The second-order valence-electron chi connectivity index (χ2n) is 5.46. The number of carboxylic acids is 1. The summed E-state index contributed by atoms with van der Waals surface area (Å²) in [6, 6.07) is -4.53. The summed E-state index contributed by atoms with van der Waals surface area (Å²) in [5.74, 6) is -2.99. The molecule has 0 unspecified atom stereocenters. The predicted molar refractivity (Wildman–Crippen MR) is 109 cm³/mol. The van der Waals surface area contributed by atoms with E-state index in [-0.39, 0.29) is 17.9 Å². The van der Waals surface area contributed by atoms with E-state index >= 15 is 0 Å². The fourth-order valence-corrected chi connectivity index (χ4v) is 2.68. The molecule has 4 atom stereocenters. The Morgan fingerprint density at radius 1 is 0.963 bits per heavy atom. The van der Waals surface area contributed by atoms with Crippen molar-refractivity contribution in [3.63, 3.8) is 0 Å². The van der Waals surface area contributed by atoms with Gasteiger partial charge in [0.15, 0.2) is 0 Å². The van der Waals surface area contributed by atoms with Crippen LogP contribution in [0.25, 0.3) is 0 Å². The average Bonchev–Trinajstić information content (AvgIpc) is 2.65. The molecule has 10 nitrogen and oxygen atoms in total. The number of nitrogens with two attached hydrogens (primary N) is 1. The Kier molecular flexibility index (Phi) is 13.3. The van der Waals surface area contributed by atoms with Gasteiger partial charge in [-0.1, -0.05) is 0 Å². The van der Waals surface area contributed by atoms with E-state index in [4.69, 9.17) is 10.8 Å². The lowest BCUT2D eigenvalue weighted by Gasteiger charge is -2.23. The van der Waals surface area contributed by atoms with Gasteiger partial charge in [0.1, 0.15) is 18.1 Å². The van der Waals surface area contributed by atoms with E-state index < -0.39 is 54.5 Å². The summed E-state index contributed by atoms with van der Waals surface area (Å²) in [5.41, 5.74) is 5.50. The molecule has 3 amide bonds. The minimum Gasteiger partial charge on any atom is -0.480 e. The van der Waals surface area contributed by atoms with Crippen molar-refractivity contribution in [1.29, 1.82) is 0 Å². The van der Waals surface area contributed by atoms with Gasteiger partial charge in [-0.25, -0.2) is 4.79 Å². The fourth-order valence-electron chi connectivity index (χ4n) is 1.79. The third-order valence-electron chi connectivity index (χ3n) is 3.39. The number of hydrogen-bond donors (Lipinski definition) is 8. The van der Waals surface area contributed by atoms with Crippen LogP contribution in [-0.4, -0.2) is 88.2 Å². The Labute approximate surface area is 172 Å². The maximum atomic E-state index is 12.3. The number of carbonyl (C=O) groups excluding carboxylic acids is 3. The summed E-state index contributed by atoms with van der Waals surface area (Å²) >= 11 is 9.18. The van der Waals surface area contributed by atoms with Gasteiger partial charge in [-0.2, -0.15) is 37.0 Å². The van der Waals surface area contributed by atoms with E-state index in [1.54, 1.807) is 6.26 Å². The summed E-state index contributed by atoms with van der Waals surface area (Å²) in [4.78, 5) is 47.5. The summed E-state index contributed by atoms with van der Waals surface area (Å²) in [7, 11) is 0. The number of hydrogen-bond acceptors (Lipinski definition) is 9. The molecule has 0 aromatic heterocycles. The number of thiol groups is 2. The molecule has 7 N–H and O–H groups in total. The zero-order valence-corrected chi connectivity index (χ0v) is 17.4. The standard InChI is InChI=1S/C14H26N4O6S3/c1-27-3-2-8(12(21)18-10(6-26)14(23)24)16-13(22)9(4-19)17-11(20)7(15)5-25/h7-10,19,25-26H,2-6,15H2,1H3,(H,16,22)(H,17,20)(H,18,21)(H,23,24)/t7-,8-,9-,10-/m0/s1. The van der Waals surface area contributed by atoms with Crippen LogP contribution in [-0.2, 0) is 19.2 Å². The summed E-state index contributed by atoms with van der Waals surface area (Å²) in [6.45, 7) is -0.706. The van der Waals surface area contributed by atoms with Gasteiger partial charge in [-0.05, 0) is 18.4 Å². The monoisotopic (exact) mass is 442 g/mol. The highest BCUT2D eigenvalue weighted by Crippen LogP contribution is 2.03. The van der Waals surface area contributed by atoms with Crippen LogP contribution in [0.4, 0.5) is 0 Å². The van der Waals surface area contributed by atoms with E-state index in [0.29, 0.717) is 5.75 Å². The van der Waals surface area contributed by atoms with Crippen LogP contribution < -0.4 is 21.7 Å². The SMILES string of the molecule is CSCC[C@H](NC(=O)[C@H](CO)NC(=O)[C@@H](N)CS)C(=O)N[C@@H](CS)C(=O)O. The smallest absolute Gasteiger partial charge is 0.327 e. The van der Waals surface area contributed by atoms with Crippen molar-refractivity contribution in [1.82, 2.24) is 16.0 Å². The summed E-state index contributed by atoms with van der Waals surface area (Å²) in [6.07, 6.45) is 2.03. The van der Waals surface area contributed by atoms with Gasteiger partial charge < -0.3 is 31.9 Å². The van der Waals surface area contributed by atoms with Crippen LogP contribution in [0.5, 0.6) is 0 Å². The van der Waals surface area contributed by atoms with E-state index in [9.17, 15) is 24.3 Å². The molecule has 0 saturated carbocycles. The lowest BCUT2D eigenvalue weighted by atomic mass is 10.1. The fraction of sp³-hybridized carbons (Fsp3) is 0.714. The molecule has 0 aromatic carbocycles. The Balaban J connectivity index is 5.07. The first-order valence-corrected chi connectivity index (χ1v) is 10.6. The number of rotatable bonds is 13. The molecule has 0 rings (SSSR count). The van der Waals surface area contributed by atoms with E-state index in [2.05, 4.69) is 41.2 Å². The molecule has 156 valence electrons. The Bertz CT molecular complexity index is 525. The molecular weight excluding hydrogens is 416 g/mol. The first-order valence-electron chi connectivity index (χ1n) is 7.92. The molecule has 0 saturated heterocycles. The molecule has 0 heterocycles. The highest BCUT2D eigenvalue weighted by Gasteiger charge is 2.29. The van der Waals surface area contributed by atoms with Crippen molar-refractivity contribution in [3.8, 4) is 0 Å². The number of aliphatic hydroxyl groups is 1. The normalized spacial score (nSPS) is 15.1. The third kappa shape index (κ3) is 9.55. The topological polar surface area (TPSA) is 171 Å². The van der Waals surface area contributed by atoms with Gasteiger partial charge in [-0.3, -0.25) is 14.4 Å². The molecule has 0 fully saturated rings. The highest BCUT2D eigenvalue weighted by molar-refractivity contribution is 7.98. The maximum absolute atomic E-state index is 12.3. The van der Waals surface area contributed by atoms with Crippen molar-refractivity contribution in [2.45, 2.75) is 30.6 Å². The van der Waals surface area contributed by atoms with Crippen LogP contribution >= 0.6 is 37.0 Å². The largest absolute Gasteiger partial charge is 0.480 e. The van der Waals surface area contributed by atoms with Gasteiger partial charge in [0.2, 0.25) is 17.7 Å². The Morgan fingerprint density at radius 2 is 1.48 bits per heavy atom. The second kappa shape index (κ2) is 13.9. The Morgan fingerprint density at radius 3 is 1.93 bits per heavy atom. The van der Waals surface area contributed by atoms with Gasteiger partial charge in [0, 0.05) is 11.5 Å². The molecule has 0 aliphatic carbocycles. The molecule has 0 radical (unpaired) electrons. The van der Waals surface area contributed by atoms with E-state index in [0.717, 1.165) is 0 Å². The van der Waals surface area contributed by atoms with Crippen LogP contribution in [0.2, 0.25) is 0 Å². The highest BCUT2D eigenvalue weighted by atomic mass is 32.2. The molecule has 0 aliphatic heterocycles. The number of carbonyl (C=O) groups is 4. The number of nitrogens with one attached hydrogen (secondary N) is 3.